The predicted octanol–water partition coefficient (Wildman–Crippen LogP) is 0.437. The Balaban J connectivity index is 1.42. The molecule has 11 nitrogen and oxygen atoms in total. The summed E-state index contributed by atoms with van der Waals surface area (Å²) in [6, 6.07) is 0. The molecule has 0 aliphatic heterocycles. The molecular formula is C33H58N2O9. The molecule has 0 bridgehead atoms. The second-order valence-corrected chi connectivity index (χ2v) is 15.2. The molecule has 2 amide bonds. The van der Waals surface area contributed by atoms with Gasteiger partial charge in [0.25, 0.3) is 5.91 Å². The number of rotatable bonds is 13. The molecule has 4 aliphatic rings. The Morgan fingerprint density at radius 3 is 2.30 bits per heavy atom. The summed E-state index contributed by atoms with van der Waals surface area (Å²) in [5.41, 5.74) is 5.20. The Hall–Kier alpha value is -1.34. The summed E-state index contributed by atoms with van der Waals surface area (Å²) in [6.45, 7) is 6.27. The van der Waals surface area contributed by atoms with Crippen LogP contribution in [-0.2, 0) is 9.59 Å². The van der Waals surface area contributed by atoms with E-state index < -0.39 is 43.0 Å². The molecule has 4 saturated carbocycles. The molecule has 0 spiro atoms. The largest absolute Gasteiger partial charge is 0.394 e. The predicted molar refractivity (Wildman–Crippen MR) is 162 cm³/mol. The maximum atomic E-state index is 12.4. The highest BCUT2D eigenvalue weighted by Crippen LogP contribution is 2.69. The molecule has 0 saturated heterocycles. The second kappa shape index (κ2) is 14.2. The topological polar surface area (TPSA) is 214 Å². The van der Waals surface area contributed by atoms with Gasteiger partial charge in [-0.2, -0.15) is 0 Å². The standard InChI is InChI=1S/C33H58N2O9/c1-17(6-11-27(34)40)22-9-10-23-21-8-7-19-14-20(37)13-18(32(19,2)24(21)15-26(39)33(22,23)3)5-4-12-35-31(44)30(43)29(42)28(41)25(38)16-36/h17-26,28-30,36-39,41-43H,4-16H2,1-3H3,(H2,34,40)(H,35,44)/t17-,18?,19-,20-,21+,22-,23+,24+,25-,26+,28-,29+,30-,32+,33-/m1/s1. The zero-order chi connectivity index (χ0) is 32.6. The number of carbonyl (C=O) groups excluding carboxylic acids is 2. The van der Waals surface area contributed by atoms with Gasteiger partial charge in [0.15, 0.2) is 6.10 Å². The fourth-order valence-corrected chi connectivity index (χ4v) is 10.8. The summed E-state index contributed by atoms with van der Waals surface area (Å²) in [6.07, 6.45) is 0.642. The zero-order valence-electron chi connectivity index (χ0n) is 26.7. The third-order valence-electron chi connectivity index (χ3n) is 13.2. The average Bonchev–Trinajstić information content (AvgIpc) is 3.35. The third-order valence-corrected chi connectivity index (χ3v) is 13.2. The van der Waals surface area contributed by atoms with Crippen LogP contribution in [0.3, 0.4) is 0 Å². The Morgan fingerprint density at radius 2 is 1.64 bits per heavy atom. The fourth-order valence-electron chi connectivity index (χ4n) is 10.8. The Morgan fingerprint density at radius 1 is 0.932 bits per heavy atom. The normalized spacial score (nSPS) is 41.8. The molecule has 15 atom stereocenters. The summed E-state index contributed by atoms with van der Waals surface area (Å²) in [7, 11) is 0. The van der Waals surface area contributed by atoms with Crippen LogP contribution >= 0.6 is 0 Å². The van der Waals surface area contributed by atoms with Gasteiger partial charge >= 0.3 is 0 Å². The molecule has 254 valence electrons. The number of aliphatic hydroxyl groups is 7. The van der Waals surface area contributed by atoms with Crippen LogP contribution in [0.25, 0.3) is 0 Å². The molecule has 44 heavy (non-hydrogen) atoms. The van der Waals surface area contributed by atoms with E-state index in [1.807, 2.05) is 0 Å². The molecule has 0 radical (unpaired) electrons. The molecule has 0 heterocycles. The number of nitrogens with two attached hydrogens (primary N) is 1. The molecular weight excluding hydrogens is 568 g/mol. The highest BCUT2D eigenvalue weighted by molar-refractivity contribution is 5.81. The van der Waals surface area contributed by atoms with Crippen molar-refractivity contribution in [2.75, 3.05) is 13.2 Å². The molecule has 4 fully saturated rings. The minimum Gasteiger partial charge on any atom is -0.394 e. The smallest absolute Gasteiger partial charge is 0.251 e. The highest BCUT2D eigenvalue weighted by Gasteiger charge is 2.65. The van der Waals surface area contributed by atoms with E-state index in [2.05, 4.69) is 26.1 Å². The van der Waals surface area contributed by atoms with E-state index in [9.17, 15) is 40.2 Å². The minimum atomic E-state index is -1.96. The van der Waals surface area contributed by atoms with Gasteiger partial charge < -0.3 is 46.8 Å². The number of primary amides is 1. The summed E-state index contributed by atoms with van der Waals surface area (Å²) in [4.78, 5) is 23.9. The van der Waals surface area contributed by atoms with E-state index in [4.69, 9.17) is 10.8 Å². The molecule has 0 aromatic heterocycles. The van der Waals surface area contributed by atoms with Crippen LogP contribution in [0.4, 0.5) is 0 Å². The number of hydrogen-bond acceptors (Lipinski definition) is 9. The molecule has 4 rings (SSSR count). The molecule has 0 aromatic rings. The quantitative estimate of drug-likeness (QED) is 0.130. The van der Waals surface area contributed by atoms with Crippen molar-refractivity contribution in [1.82, 2.24) is 5.32 Å². The van der Waals surface area contributed by atoms with Crippen molar-refractivity contribution in [2.45, 2.75) is 128 Å². The number of amides is 2. The van der Waals surface area contributed by atoms with E-state index >= 15 is 0 Å². The van der Waals surface area contributed by atoms with Gasteiger partial charge in [-0.05, 0) is 116 Å². The van der Waals surface area contributed by atoms with E-state index in [1.165, 1.54) is 0 Å². The number of aliphatic hydroxyl groups excluding tert-OH is 7. The van der Waals surface area contributed by atoms with E-state index in [-0.39, 0.29) is 35.3 Å². The molecule has 1 unspecified atom stereocenters. The number of carbonyl (C=O) groups is 2. The van der Waals surface area contributed by atoms with Crippen LogP contribution in [0.5, 0.6) is 0 Å². The first-order valence-corrected chi connectivity index (χ1v) is 16.9. The third kappa shape index (κ3) is 6.57. The van der Waals surface area contributed by atoms with E-state index in [0.29, 0.717) is 54.8 Å². The van der Waals surface area contributed by atoms with E-state index in [1.54, 1.807) is 0 Å². The first kappa shape index (κ1) is 35.5. The molecule has 0 aromatic carbocycles. The monoisotopic (exact) mass is 626 g/mol. The lowest BCUT2D eigenvalue weighted by molar-refractivity contribution is -0.193. The summed E-state index contributed by atoms with van der Waals surface area (Å²) in [5, 5.41) is 73.8. The average molecular weight is 627 g/mol. The number of hydrogen-bond donors (Lipinski definition) is 9. The van der Waals surface area contributed by atoms with Crippen molar-refractivity contribution in [3.63, 3.8) is 0 Å². The summed E-state index contributed by atoms with van der Waals surface area (Å²) < 4.78 is 0. The van der Waals surface area contributed by atoms with Gasteiger partial charge in [-0.25, -0.2) is 0 Å². The first-order valence-electron chi connectivity index (χ1n) is 16.9. The molecule has 11 heteroatoms. The highest BCUT2D eigenvalue weighted by atomic mass is 16.4. The van der Waals surface area contributed by atoms with Gasteiger partial charge in [0.1, 0.15) is 18.3 Å². The number of fused-ring (bicyclic) bond motifs is 5. The van der Waals surface area contributed by atoms with Gasteiger partial charge in [-0.15, -0.1) is 0 Å². The Kier molecular flexibility index (Phi) is 11.5. The van der Waals surface area contributed by atoms with Gasteiger partial charge in [0.05, 0.1) is 18.8 Å². The maximum Gasteiger partial charge on any atom is 0.251 e. The second-order valence-electron chi connectivity index (χ2n) is 15.2. The van der Waals surface area contributed by atoms with Crippen molar-refractivity contribution in [3.8, 4) is 0 Å². The van der Waals surface area contributed by atoms with Crippen molar-refractivity contribution in [3.05, 3.63) is 0 Å². The van der Waals surface area contributed by atoms with Crippen molar-refractivity contribution >= 4 is 11.8 Å². The van der Waals surface area contributed by atoms with Crippen LogP contribution in [0, 0.1) is 52.3 Å². The fraction of sp³-hybridized carbons (Fsp3) is 0.939. The minimum absolute atomic E-state index is 0.0651. The Labute approximate surface area is 261 Å². The van der Waals surface area contributed by atoms with E-state index in [0.717, 1.165) is 51.4 Å². The zero-order valence-corrected chi connectivity index (χ0v) is 26.7. The van der Waals surface area contributed by atoms with Gasteiger partial charge in [0.2, 0.25) is 5.91 Å². The van der Waals surface area contributed by atoms with Crippen LogP contribution in [0.1, 0.15) is 91.4 Å². The lowest BCUT2D eigenvalue weighted by Crippen LogP contribution is -2.61. The summed E-state index contributed by atoms with van der Waals surface area (Å²) in [5.74, 6) is 1.30. The van der Waals surface area contributed by atoms with Crippen LogP contribution in [-0.4, -0.2) is 97.3 Å². The van der Waals surface area contributed by atoms with Gasteiger partial charge in [0, 0.05) is 13.0 Å². The molecule has 4 aliphatic carbocycles. The SMILES string of the molecule is C[C@H](CCC(N)=O)[C@H]1CC[C@H]2[C@@H]3CC[C@@H]4C[C@H](O)CC(CCCNC(=O)[C@H](O)[C@@H](O)[C@H](O)[C@H](O)CO)[C@]4(C)[C@H]3C[C@H](O)[C@]12C. The maximum absolute atomic E-state index is 12.4. The van der Waals surface area contributed by atoms with Crippen molar-refractivity contribution < 1.29 is 45.3 Å². The lowest BCUT2D eigenvalue weighted by Gasteiger charge is -2.64. The van der Waals surface area contributed by atoms with Gasteiger partial charge in [-0.1, -0.05) is 20.8 Å². The van der Waals surface area contributed by atoms with Crippen molar-refractivity contribution in [1.29, 1.82) is 0 Å². The van der Waals surface area contributed by atoms with Gasteiger partial charge in [-0.3, -0.25) is 9.59 Å². The van der Waals surface area contributed by atoms with Crippen LogP contribution in [0.2, 0.25) is 0 Å². The first-order chi connectivity index (χ1) is 20.7. The summed E-state index contributed by atoms with van der Waals surface area (Å²) >= 11 is 0. The van der Waals surface area contributed by atoms with Crippen LogP contribution < -0.4 is 11.1 Å². The lowest BCUT2D eigenvalue weighted by atomic mass is 9.41. The Bertz CT molecular complexity index is 1000. The van der Waals surface area contributed by atoms with Crippen LogP contribution in [0.15, 0.2) is 0 Å². The number of nitrogens with one attached hydrogen (secondary N) is 1. The molecule has 10 N–H and O–H groups in total. The van der Waals surface area contributed by atoms with Crippen molar-refractivity contribution in [2.24, 2.45) is 58.0 Å².